The molecule has 1 N–H and O–H groups in total. The van der Waals surface area contributed by atoms with E-state index in [2.05, 4.69) is 20.4 Å². The predicted molar refractivity (Wildman–Crippen MR) is 115 cm³/mol. The highest BCUT2D eigenvalue weighted by Crippen LogP contribution is 2.31. The lowest BCUT2D eigenvalue weighted by Gasteiger charge is -2.08. The zero-order valence-electron chi connectivity index (χ0n) is 17.6. The third-order valence-electron chi connectivity index (χ3n) is 5.17. The van der Waals surface area contributed by atoms with Crippen LogP contribution in [-0.2, 0) is 6.42 Å². The Morgan fingerprint density at radius 2 is 1.90 bits per heavy atom. The summed E-state index contributed by atoms with van der Waals surface area (Å²) in [6.45, 7) is 7.48. The maximum absolute atomic E-state index is 13.3. The number of aromatic nitrogens is 3. The highest BCUT2D eigenvalue weighted by Gasteiger charge is 2.21. The van der Waals surface area contributed by atoms with Gasteiger partial charge in [-0.3, -0.25) is 4.79 Å². The van der Waals surface area contributed by atoms with E-state index >= 15 is 0 Å². The number of pyridine rings is 1. The number of rotatable bonds is 4. The molecule has 8 heteroatoms. The third kappa shape index (κ3) is 3.26. The molecule has 0 saturated heterocycles. The van der Waals surface area contributed by atoms with E-state index in [0.29, 0.717) is 57.1 Å². The van der Waals surface area contributed by atoms with Crippen molar-refractivity contribution >= 4 is 33.8 Å². The summed E-state index contributed by atoms with van der Waals surface area (Å²) in [5.74, 6) is 1.85. The number of oxazole rings is 1. The van der Waals surface area contributed by atoms with Crippen LogP contribution >= 0.6 is 0 Å². The van der Waals surface area contributed by atoms with Crippen LogP contribution in [0.4, 0.5) is 5.69 Å². The molecule has 0 fully saturated rings. The van der Waals surface area contributed by atoms with Gasteiger partial charge in [-0.1, -0.05) is 12.1 Å². The summed E-state index contributed by atoms with van der Waals surface area (Å²) < 4.78 is 16.6. The summed E-state index contributed by atoms with van der Waals surface area (Å²) in [6, 6.07) is 9.00. The normalized spacial score (nSPS) is 11.5. The first-order valence-electron chi connectivity index (χ1n) is 9.98. The lowest BCUT2D eigenvalue weighted by Crippen LogP contribution is -2.13. The van der Waals surface area contributed by atoms with Crippen molar-refractivity contribution in [1.82, 2.24) is 15.1 Å². The van der Waals surface area contributed by atoms with E-state index in [9.17, 15) is 4.79 Å². The molecule has 156 valence electrons. The van der Waals surface area contributed by atoms with Crippen molar-refractivity contribution in [1.29, 1.82) is 0 Å². The molecule has 0 saturated carbocycles. The van der Waals surface area contributed by atoms with Gasteiger partial charge in [0.1, 0.15) is 17.0 Å². The SMILES string of the molecule is CCc1nc2cc(NC(=O)c3cc(-c4cc(C)oc4C)nc4onc(C)c34)ccc2o1. The molecule has 1 aromatic carbocycles. The molecular formula is C23H20N4O4. The van der Waals surface area contributed by atoms with Gasteiger partial charge in [0.05, 0.1) is 22.3 Å². The van der Waals surface area contributed by atoms with E-state index in [1.807, 2.05) is 26.8 Å². The van der Waals surface area contributed by atoms with Crippen molar-refractivity contribution in [3.05, 3.63) is 59.0 Å². The third-order valence-corrected chi connectivity index (χ3v) is 5.17. The Morgan fingerprint density at radius 1 is 1.06 bits per heavy atom. The van der Waals surface area contributed by atoms with Gasteiger partial charge >= 0.3 is 0 Å². The minimum Gasteiger partial charge on any atom is -0.466 e. The Hall–Kier alpha value is -3.94. The summed E-state index contributed by atoms with van der Waals surface area (Å²) in [6.07, 6.45) is 0.702. The maximum Gasteiger partial charge on any atom is 0.259 e. The molecule has 5 rings (SSSR count). The van der Waals surface area contributed by atoms with Crippen LogP contribution in [0.3, 0.4) is 0 Å². The molecule has 5 aromatic rings. The number of carbonyl (C=O) groups is 1. The molecule has 0 aliphatic rings. The summed E-state index contributed by atoms with van der Waals surface area (Å²) in [4.78, 5) is 22.3. The minimum absolute atomic E-state index is 0.295. The number of hydrogen-bond donors (Lipinski definition) is 1. The second-order valence-electron chi connectivity index (χ2n) is 7.43. The van der Waals surface area contributed by atoms with E-state index in [1.54, 1.807) is 31.2 Å². The van der Waals surface area contributed by atoms with Gasteiger partial charge in [0.2, 0.25) is 0 Å². The van der Waals surface area contributed by atoms with Crippen molar-refractivity contribution in [2.75, 3.05) is 5.32 Å². The quantitative estimate of drug-likeness (QED) is 0.420. The second-order valence-corrected chi connectivity index (χ2v) is 7.43. The fraction of sp³-hybridized carbons (Fsp3) is 0.217. The molecule has 4 aromatic heterocycles. The largest absolute Gasteiger partial charge is 0.466 e. The van der Waals surface area contributed by atoms with Crippen LogP contribution < -0.4 is 5.32 Å². The Bertz CT molecular complexity index is 1460. The van der Waals surface area contributed by atoms with Crippen LogP contribution in [0.5, 0.6) is 0 Å². The molecule has 0 bridgehead atoms. The fourth-order valence-corrected chi connectivity index (χ4v) is 3.70. The van der Waals surface area contributed by atoms with E-state index < -0.39 is 0 Å². The number of aryl methyl sites for hydroxylation is 4. The van der Waals surface area contributed by atoms with E-state index in [-0.39, 0.29) is 5.91 Å². The van der Waals surface area contributed by atoms with Gasteiger partial charge in [0, 0.05) is 17.7 Å². The first kappa shape index (κ1) is 19.0. The highest BCUT2D eigenvalue weighted by molar-refractivity contribution is 6.13. The highest BCUT2D eigenvalue weighted by atomic mass is 16.5. The summed E-state index contributed by atoms with van der Waals surface area (Å²) in [7, 11) is 0. The zero-order valence-corrected chi connectivity index (χ0v) is 17.6. The average Bonchev–Trinajstić information content (AvgIpc) is 3.43. The number of fused-ring (bicyclic) bond motifs is 2. The molecule has 8 nitrogen and oxygen atoms in total. The van der Waals surface area contributed by atoms with E-state index in [1.165, 1.54) is 0 Å². The fourth-order valence-electron chi connectivity index (χ4n) is 3.70. The monoisotopic (exact) mass is 416 g/mol. The Labute approximate surface area is 177 Å². The number of anilines is 1. The van der Waals surface area contributed by atoms with Crippen molar-refractivity contribution in [2.45, 2.75) is 34.1 Å². The van der Waals surface area contributed by atoms with Gasteiger partial charge in [-0.05, 0) is 51.1 Å². The van der Waals surface area contributed by atoms with Crippen molar-refractivity contribution in [3.63, 3.8) is 0 Å². The van der Waals surface area contributed by atoms with Crippen LogP contribution in [0, 0.1) is 20.8 Å². The second kappa shape index (κ2) is 7.09. The number of hydrogen-bond acceptors (Lipinski definition) is 7. The van der Waals surface area contributed by atoms with Crippen LogP contribution in [0.15, 0.2) is 43.7 Å². The number of benzene rings is 1. The van der Waals surface area contributed by atoms with Crippen molar-refractivity contribution in [2.24, 2.45) is 0 Å². The molecule has 4 heterocycles. The van der Waals surface area contributed by atoms with Gasteiger partial charge in [-0.15, -0.1) is 0 Å². The molecule has 0 unspecified atom stereocenters. The number of carbonyl (C=O) groups excluding carboxylic acids is 1. The molecule has 31 heavy (non-hydrogen) atoms. The number of furan rings is 1. The van der Waals surface area contributed by atoms with Crippen LogP contribution in [0.2, 0.25) is 0 Å². The van der Waals surface area contributed by atoms with Gasteiger partial charge in [-0.2, -0.15) is 0 Å². The topological polar surface area (TPSA) is 107 Å². The predicted octanol–water partition coefficient (Wildman–Crippen LogP) is 5.36. The summed E-state index contributed by atoms with van der Waals surface area (Å²) in [5, 5.41) is 7.52. The lowest BCUT2D eigenvalue weighted by molar-refractivity contribution is 0.102. The van der Waals surface area contributed by atoms with Crippen LogP contribution in [0.25, 0.3) is 33.5 Å². The maximum atomic E-state index is 13.3. The standard InChI is InChI=1S/C23H20N4O4/c1-5-20-25-18-9-14(6-7-19(18)30-20)24-22(28)16-10-17(15-8-11(2)29-13(15)4)26-23-21(16)12(3)27-31-23/h6-10H,5H2,1-4H3,(H,24,28). The molecule has 0 atom stereocenters. The summed E-state index contributed by atoms with van der Waals surface area (Å²) in [5.41, 5.74) is 4.71. The zero-order chi connectivity index (χ0) is 21.7. The Morgan fingerprint density at radius 3 is 2.65 bits per heavy atom. The molecule has 0 radical (unpaired) electrons. The number of amides is 1. The van der Waals surface area contributed by atoms with E-state index in [4.69, 9.17) is 13.4 Å². The lowest BCUT2D eigenvalue weighted by atomic mass is 10.1. The number of nitrogens with zero attached hydrogens (tertiary/aromatic N) is 3. The average molecular weight is 416 g/mol. The summed E-state index contributed by atoms with van der Waals surface area (Å²) >= 11 is 0. The van der Waals surface area contributed by atoms with Crippen molar-refractivity contribution < 1.29 is 18.2 Å². The first-order chi connectivity index (χ1) is 14.9. The van der Waals surface area contributed by atoms with Gasteiger partial charge in [0.25, 0.3) is 11.6 Å². The van der Waals surface area contributed by atoms with E-state index in [0.717, 1.165) is 17.1 Å². The number of nitrogens with one attached hydrogen (secondary N) is 1. The molecule has 0 aliphatic heterocycles. The van der Waals surface area contributed by atoms with Gasteiger partial charge < -0.3 is 18.7 Å². The van der Waals surface area contributed by atoms with Gasteiger partial charge in [-0.25, -0.2) is 9.97 Å². The van der Waals surface area contributed by atoms with Crippen LogP contribution in [0.1, 0.15) is 40.4 Å². The minimum atomic E-state index is -0.295. The van der Waals surface area contributed by atoms with Crippen molar-refractivity contribution in [3.8, 4) is 11.3 Å². The first-order valence-corrected chi connectivity index (χ1v) is 9.98. The molecular weight excluding hydrogens is 396 g/mol. The Balaban J connectivity index is 1.57. The molecule has 0 aliphatic carbocycles. The van der Waals surface area contributed by atoms with Gasteiger partial charge in [0.15, 0.2) is 11.5 Å². The van der Waals surface area contributed by atoms with Crippen LogP contribution in [-0.4, -0.2) is 21.0 Å². The molecule has 1 amide bonds. The molecule has 0 spiro atoms. The Kier molecular flexibility index (Phi) is 4.35. The smallest absolute Gasteiger partial charge is 0.259 e.